The molecule has 0 saturated carbocycles. The molecule has 0 aromatic rings. The first-order valence-corrected chi connectivity index (χ1v) is 3.88. The molecule has 0 unspecified atom stereocenters. The van der Waals surface area contributed by atoms with Crippen molar-refractivity contribution in [1.29, 1.82) is 0 Å². The van der Waals surface area contributed by atoms with E-state index in [-0.39, 0.29) is 0 Å². The molecule has 2 nitrogen and oxygen atoms in total. The summed E-state index contributed by atoms with van der Waals surface area (Å²) in [6.45, 7) is 2.13. The number of carbonyl (C=O) groups excluding carboxylic acids is 1. The molecule has 0 rings (SSSR count). The Morgan fingerprint density at radius 3 is 2.73 bits per heavy atom. The number of carbonyl (C=O) groups is 1. The van der Waals surface area contributed by atoms with Crippen molar-refractivity contribution in [3.8, 4) is 11.8 Å². The van der Waals surface area contributed by atoms with Gasteiger partial charge in [0.2, 0.25) is 0 Å². The Hall–Kier alpha value is -0.970. The molecule has 11 heavy (non-hydrogen) atoms. The van der Waals surface area contributed by atoms with E-state index < -0.39 is 5.97 Å². The largest absolute Gasteiger partial charge is 0.459 e. The first-order chi connectivity index (χ1) is 5.31. The van der Waals surface area contributed by atoms with Gasteiger partial charge < -0.3 is 4.74 Å². The molecule has 0 bridgehead atoms. The van der Waals surface area contributed by atoms with Gasteiger partial charge in [0.25, 0.3) is 0 Å². The first kappa shape index (κ1) is 10.0. The maximum atomic E-state index is 10.4. The van der Waals surface area contributed by atoms with Gasteiger partial charge in [-0.15, -0.1) is 0 Å². The summed E-state index contributed by atoms with van der Waals surface area (Å²) in [6, 6.07) is 0. The molecule has 0 aromatic heterocycles. The van der Waals surface area contributed by atoms with Crippen molar-refractivity contribution in [2.45, 2.75) is 32.6 Å². The zero-order valence-corrected chi connectivity index (χ0v) is 7.14. The summed E-state index contributed by atoms with van der Waals surface area (Å²) in [6.07, 6.45) is 4.22. The van der Waals surface area contributed by atoms with Gasteiger partial charge in [-0.05, 0) is 6.42 Å². The summed E-state index contributed by atoms with van der Waals surface area (Å²) in [5, 5.41) is 0. The average molecular weight is 154 g/mol. The number of rotatable bonds is 3. The van der Waals surface area contributed by atoms with Crippen LogP contribution < -0.4 is 0 Å². The van der Waals surface area contributed by atoms with E-state index >= 15 is 0 Å². The van der Waals surface area contributed by atoms with Crippen molar-refractivity contribution in [3.63, 3.8) is 0 Å². The van der Waals surface area contributed by atoms with Crippen LogP contribution >= 0.6 is 0 Å². The average Bonchev–Trinajstić information content (AvgIpc) is 2.04. The second-order valence-electron chi connectivity index (χ2n) is 2.25. The number of methoxy groups -OCH3 is 1. The minimum Gasteiger partial charge on any atom is -0.459 e. The fourth-order valence-corrected chi connectivity index (χ4v) is 0.649. The van der Waals surface area contributed by atoms with E-state index in [1.165, 1.54) is 20.0 Å². The van der Waals surface area contributed by atoms with Gasteiger partial charge in [0.1, 0.15) is 0 Å². The highest BCUT2D eigenvalue weighted by atomic mass is 16.5. The van der Waals surface area contributed by atoms with Crippen LogP contribution in [0.3, 0.4) is 0 Å². The Morgan fingerprint density at radius 1 is 1.45 bits per heavy atom. The van der Waals surface area contributed by atoms with E-state index in [0.29, 0.717) is 0 Å². The van der Waals surface area contributed by atoms with Gasteiger partial charge in [0, 0.05) is 12.3 Å². The van der Waals surface area contributed by atoms with Crippen LogP contribution in [0.1, 0.15) is 32.6 Å². The van der Waals surface area contributed by atoms with Crippen molar-refractivity contribution in [3.05, 3.63) is 0 Å². The van der Waals surface area contributed by atoms with Crippen LogP contribution in [0.5, 0.6) is 0 Å². The van der Waals surface area contributed by atoms with Crippen LogP contribution in [0.4, 0.5) is 0 Å². The fourth-order valence-electron chi connectivity index (χ4n) is 0.649. The standard InChI is InChI=1S/C9H14O2/c1-3-4-5-6-7-8-9(10)11-2/h3-6H2,1-2H3. The molecule has 0 heterocycles. The van der Waals surface area contributed by atoms with Crippen LogP contribution in [0, 0.1) is 11.8 Å². The lowest BCUT2D eigenvalue weighted by Gasteiger charge is -1.88. The highest BCUT2D eigenvalue weighted by Crippen LogP contribution is 1.96. The first-order valence-electron chi connectivity index (χ1n) is 3.88. The Morgan fingerprint density at radius 2 is 2.18 bits per heavy atom. The lowest BCUT2D eigenvalue weighted by atomic mass is 10.2. The number of hydrogen-bond donors (Lipinski definition) is 0. The Kier molecular flexibility index (Phi) is 6.51. The Labute approximate surface area is 67.9 Å². The molecular formula is C9H14O2. The molecule has 0 radical (unpaired) electrons. The molecule has 0 atom stereocenters. The highest BCUT2D eigenvalue weighted by molar-refractivity contribution is 5.88. The normalized spacial score (nSPS) is 8.18. The molecule has 0 spiro atoms. The van der Waals surface area contributed by atoms with E-state index in [9.17, 15) is 4.79 Å². The van der Waals surface area contributed by atoms with E-state index in [1.807, 2.05) is 0 Å². The monoisotopic (exact) mass is 154 g/mol. The smallest absolute Gasteiger partial charge is 0.384 e. The van der Waals surface area contributed by atoms with Crippen molar-refractivity contribution < 1.29 is 9.53 Å². The van der Waals surface area contributed by atoms with E-state index in [0.717, 1.165) is 12.8 Å². The SMILES string of the molecule is CCCCCC#CC(=O)OC. The molecule has 0 N–H and O–H groups in total. The van der Waals surface area contributed by atoms with Crippen molar-refractivity contribution in [2.24, 2.45) is 0 Å². The summed E-state index contributed by atoms with van der Waals surface area (Å²) in [4.78, 5) is 10.4. The molecular weight excluding hydrogens is 140 g/mol. The zero-order valence-electron chi connectivity index (χ0n) is 7.14. The minimum atomic E-state index is -0.443. The maximum absolute atomic E-state index is 10.4. The van der Waals surface area contributed by atoms with Gasteiger partial charge in [-0.1, -0.05) is 25.7 Å². The Balaban J connectivity index is 3.32. The summed E-state index contributed by atoms with van der Waals surface area (Å²) in [7, 11) is 1.34. The summed E-state index contributed by atoms with van der Waals surface area (Å²) in [5.41, 5.74) is 0. The maximum Gasteiger partial charge on any atom is 0.384 e. The number of esters is 1. The zero-order chi connectivity index (χ0) is 8.53. The molecule has 0 fully saturated rings. The van der Waals surface area contributed by atoms with E-state index in [4.69, 9.17) is 0 Å². The van der Waals surface area contributed by atoms with Crippen LogP contribution in [0.2, 0.25) is 0 Å². The van der Waals surface area contributed by atoms with Crippen molar-refractivity contribution >= 4 is 5.97 Å². The van der Waals surface area contributed by atoms with Crippen LogP contribution in [-0.4, -0.2) is 13.1 Å². The van der Waals surface area contributed by atoms with E-state index in [1.54, 1.807) is 0 Å². The third kappa shape index (κ3) is 6.92. The third-order valence-corrected chi connectivity index (χ3v) is 1.28. The van der Waals surface area contributed by atoms with Gasteiger partial charge in [-0.25, -0.2) is 4.79 Å². The van der Waals surface area contributed by atoms with E-state index in [2.05, 4.69) is 23.5 Å². The molecule has 0 aliphatic carbocycles. The summed E-state index contributed by atoms with van der Waals surface area (Å²) < 4.78 is 4.34. The molecule has 0 saturated heterocycles. The molecule has 0 amide bonds. The van der Waals surface area contributed by atoms with Crippen LogP contribution in [-0.2, 0) is 9.53 Å². The number of hydrogen-bond acceptors (Lipinski definition) is 2. The molecule has 62 valence electrons. The summed E-state index contributed by atoms with van der Waals surface area (Å²) in [5.74, 6) is 4.68. The quantitative estimate of drug-likeness (QED) is 0.268. The summed E-state index contributed by atoms with van der Waals surface area (Å²) >= 11 is 0. The topological polar surface area (TPSA) is 26.3 Å². The molecule has 2 heteroatoms. The number of unbranched alkanes of at least 4 members (excludes halogenated alkanes) is 3. The molecule has 0 aliphatic heterocycles. The third-order valence-electron chi connectivity index (χ3n) is 1.28. The second kappa shape index (κ2) is 7.14. The highest BCUT2D eigenvalue weighted by Gasteiger charge is 1.87. The minimum absolute atomic E-state index is 0.443. The van der Waals surface area contributed by atoms with Crippen molar-refractivity contribution in [1.82, 2.24) is 0 Å². The Bertz CT molecular complexity index is 162. The van der Waals surface area contributed by atoms with Gasteiger partial charge in [-0.3, -0.25) is 0 Å². The van der Waals surface area contributed by atoms with Gasteiger partial charge in [0.05, 0.1) is 7.11 Å². The van der Waals surface area contributed by atoms with Gasteiger partial charge >= 0.3 is 5.97 Å². The van der Waals surface area contributed by atoms with Gasteiger partial charge in [-0.2, -0.15) is 0 Å². The predicted molar refractivity (Wildman–Crippen MR) is 43.9 cm³/mol. The van der Waals surface area contributed by atoms with Crippen molar-refractivity contribution in [2.75, 3.05) is 7.11 Å². The van der Waals surface area contributed by atoms with Crippen LogP contribution in [0.25, 0.3) is 0 Å². The van der Waals surface area contributed by atoms with Gasteiger partial charge in [0.15, 0.2) is 0 Å². The predicted octanol–water partition coefficient (Wildman–Crippen LogP) is 1.74. The molecule has 0 aliphatic rings. The number of ether oxygens (including phenoxy) is 1. The fraction of sp³-hybridized carbons (Fsp3) is 0.667. The van der Waals surface area contributed by atoms with Crippen LogP contribution in [0.15, 0.2) is 0 Å². The second-order valence-corrected chi connectivity index (χ2v) is 2.25. The lowest BCUT2D eigenvalue weighted by molar-refractivity contribution is -0.133. The lowest BCUT2D eigenvalue weighted by Crippen LogP contribution is -1.93. The molecule has 0 aromatic carbocycles.